The number of aliphatic hydroxyl groups is 1. The molecule has 0 spiro atoms. The van der Waals surface area contributed by atoms with Gasteiger partial charge >= 0.3 is 6.09 Å². The Bertz CT molecular complexity index is 976. The fraction of sp³-hybridized carbons (Fsp3) is 0.720. The standard InChI is InChI=1S/C25H40N4O6S/c1-25(2,3)35-24(32)28-19(16-18-10-5-4-6-11-18)23(31)29(20-12-9-14-26-17-21(20)30)36(33,34)22-13-7-8-15-27-22/h7-8,13,15,18-21,26,30H,4-6,9-12,14,16-17H2,1-3H3,(H,28,32)/t19?,20?,21-/m0/s1. The van der Waals surface area contributed by atoms with Crippen LogP contribution in [0.3, 0.4) is 0 Å². The Kier molecular flexibility index (Phi) is 9.71. The molecule has 1 saturated heterocycles. The molecule has 2 heterocycles. The van der Waals surface area contributed by atoms with Crippen molar-refractivity contribution in [2.45, 2.75) is 101 Å². The summed E-state index contributed by atoms with van der Waals surface area (Å²) in [4.78, 5) is 30.8. The molecule has 0 aromatic carbocycles. The van der Waals surface area contributed by atoms with Crippen LogP contribution in [0.15, 0.2) is 29.4 Å². The van der Waals surface area contributed by atoms with Gasteiger partial charge in [0.2, 0.25) is 0 Å². The SMILES string of the molecule is CC(C)(C)OC(=O)NC(CC1CCCCC1)C(=O)N(C1CCCNC[C@@H]1O)S(=O)(=O)c1ccccn1. The van der Waals surface area contributed by atoms with Gasteiger partial charge in [0, 0.05) is 12.7 Å². The van der Waals surface area contributed by atoms with Crippen LogP contribution in [0.4, 0.5) is 4.79 Å². The summed E-state index contributed by atoms with van der Waals surface area (Å²) >= 11 is 0. The molecule has 11 heteroatoms. The number of alkyl carbamates (subject to hydrolysis) is 1. The number of sulfonamides is 1. The van der Waals surface area contributed by atoms with Gasteiger partial charge in [-0.05, 0) is 64.6 Å². The van der Waals surface area contributed by atoms with E-state index in [1.165, 1.54) is 18.3 Å². The maximum absolute atomic E-state index is 14.1. The highest BCUT2D eigenvalue weighted by Gasteiger charge is 2.44. The fourth-order valence-corrected chi connectivity index (χ4v) is 6.54. The molecule has 2 amide bonds. The minimum Gasteiger partial charge on any atom is -0.444 e. The summed E-state index contributed by atoms with van der Waals surface area (Å²) in [6, 6.07) is 2.34. The predicted molar refractivity (Wildman–Crippen MR) is 135 cm³/mol. The van der Waals surface area contributed by atoms with Gasteiger partial charge in [-0.1, -0.05) is 38.2 Å². The first-order valence-corrected chi connectivity index (χ1v) is 14.3. The van der Waals surface area contributed by atoms with Crippen molar-refractivity contribution >= 4 is 22.0 Å². The van der Waals surface area contributed by atoms with E-state index in [1.807, 2.05) is 0 Å². The van der Waals surface area contributed by atoms with Gasteiger partial charge in [-0.25, -0.2) is 14.1 Å². The second kappa shape index (κ2) is 12.3. The highest BCUT2D eigenvalue weighted by molar-refractivity contribution is 7.89. The van der Waals surface area contributed by atoms with Gasteiger partial charge in [-0.3, -0.25) is 4.79 Å². The molecular weight excluding hydrogens is 484 g/mol. The Labute approximate surface area is 214 Å². The smallest absolute Gasteiger partial charge is 0.408 e. The minimum atomic E-state index is -4.41. The Hall–Kier alpha value is -2.24. The van der Waals surface area contributed by atoms with Gasteiger partial charge in [-0.2, -0.15) is 8.42 Å². The Morgan fingerprint density at radius 2 is 1.92 bits per heavy atom. The average molecular weight is 525 g/mol. The number of β-amino-alcohol motifs (C(OH)–C–C–N with tert-alkyl or cyclic N) is 1. The number of aliphatic hydroxyl groups excluding tert-OH is 1. The van der Waals surface area contributed by atoms with Gasteiger partial charge in [0.1, 0.15) is 11.6 Å². The first-order valence-electron chi connectivity index (χ1n) is 12.9. The zero-order valence-corrected chi connectivity index (χ0v) is 22.3. The van der Waals surface area contributed by atoms with Gasteiger partial charge in [-0.15, -0.1) is 0 Å². The lowest BCUT2D eigenvalue weighted by Crippen LogP contribution is -2.58. The van der Waals surface area contributed by atoms with Crippen molar-refractivity contribution in [3.63, 3.8) is 0 Å². The van der Waals surface area contributed by atoms with Crippen LogP contribution in [0.2, 0.25) is 0 Å². The average Bonchev–Trinajstić information content (AvgIpc) is 3.03. The molecule has 2 aliphatic rings. The minimum absolute atomic E-state index is 0.152. The Morgan fingerprint density at radius 3 is 2.56 bits per heavy atom. The first-order chi connectivity index (χ1) is 17.0. The topological polar surface area (TPSA) is 138 Å². The molecule has 10 nitrogen and oxygen atoms in total. The molecule has 0 radical (unpaired) electrons. The number of hydrogen-bond donors (Lipinski definition) is 3. The molecule has 202 valence electrons. The van der Waals surface area contributed by atoms with E-state index in [0.29, 0.717) is 19.4 Å². The van der Waals surface area contributed by atoms with Crippen molar-refractivity contribution in [1.29, 1.82) is 0 Å². The van der Waals surface area contributed by atoms with Gasteiger partial charge in [0.05, 0.1) is 12.1 Å². The quantitative estimate of drug-likeness (QED) is 0.495. The third-order valence-electron chi connectivity index (χ3n) is 6.61. The monoisotopic (exact) mass is 524 g/mol. The molecular formula is C25H40N4O6S. The lowest BCUT2D eigenvalue weighted by Gasteiger charge is -2.36. The molecule has 3 N–H and O–H groups in total. The molecule has 3 atom stereocenters. The van der Waals surface area contributed by atoms with Crippen molar-refractivity contribution in [3.05, 3.63) is 24.4 Å². The number of ether oxygens (including phenoxy) is 1. The number of aromatic nitrogens is 1. The lowest BCUT2D eigenvalue weighted by atomic mass is 9.84. The van der Waals surface area contributed by atoms with Gasteiger partial charge in [0.15, 0.2) is 5.03 Å². The van der Waals surface area contributed by atoms with E-state index in [4.69, 9.17) is 4.74 Å². The summed E-state index contributed by atoms with van der Waals surface area (Å²) < 4.78 is 33.8. The third kappa shape index (κ3) is 7.63. The number of hydrogen-bond acceptors (Lipinski definition) is 8. The molecule has 2 unspecified atom stereocenters. The van der Waals surface area contributed by atoms with Crippen LogP contribution in [-0.2, 0) is 19.6 Å². The van der Waals surface area contributed by atoms with Crippen molar-refractivity contribution < 1.29 is 27.9 Å². The molecule has 1 aliphatic carbocycles. The maximum atomic E-state index is 14.1. The molecule has 1 saturated carbocycles. The number of carbonyl (C=O) groups is 2. The second-order valence-electron chi connectivity index (χ2n) is 10.7. The summed E-state index contributed by atoms with van der Waals surface area (Å²) in [6.45, 7) is 5.91. The number of nitrogens with one attached hydrogen (secondary N) is 2. The number of pyridine rings is 1. The Balaban J connectivity index is 1.99. The lowest BCUT2D eigenvalue weighted by molar-refractivity contribution is -0.132. The third-order valence-corrected chi connectivity index (χ3v) is 8.35. The highest BCUT2D eigenvalue weighted by atomic mass is 32.2. The van der Waals surface area contributed by atoms with Crippen LogP contribution < -0.4 is 10.6 Å². The van der Waals surface area contributed by atoms with Gasteiger partial charge in [0.25, 0.3) is 15.9 Å². The van der Waals surface area contributed by atoms with Crippen LogP contribution in [0.25, 0.3) is 0 Å². The summed E-state index contributed by atoms with van der Waals surface area (Å²) in [5, 5.41) is 16.3. The summed E-state index contributed by atoms with van der Waals surface area (Å²) in [5.74, 6) is -0.606. The molecule has 0 bridgehead atoms. The van der Waals surface area contributed by atoms with E-state index >= 15 is 0 Å². The second-order valence-corrected chi connectivity index (χ2v) is 12.5. The fourth-order valence-electron chi connectivity index (χ4n) is 4.93. The molecule has 1 aliphatic heterocycles. The van der Waals surface area contributed by atoms with Crippen molar-refractivity contribution in [2.24, 2.45) is 5.92 Å². The van der Waals surface area contributed by atoms with E-state index in [9.17, 15) is 23.1 Å². The van der Waals surface area contributed by atoms with E-state index in [-0.39, 0.29) is 23.9 Å². The number of amides is 2. The Morgan fingerprint density at radius 1 is 1.19 bits per heavy atom. The van der Waals surface area contributed by atoms with E-state index < -0.39 is 45.8 Å². The number of carbonyl (C=O) groups excluding carboxylic acids is 2. The molecule has 1 aromatic heterocycles. The van der Waals surface area contributed by atoms with E-state index in [2.05, 4.69) is 15.6 Å². The molecule has 1 aromatic rings. The van der Waals surface area contributed by atoms with Crippen molar-refractivity contribution in [3.8, 4) is 0 Å². The zero-order chi connectivity index (χ0) is 26.3. The van der Waals surface area contributed by atoms with Crippen LogP contribution >= 0.6 is 0 Å². The van der Waals surface area contributed by atoms with E-state index in [0.717, 1.165) is 36.4 Å². The van der Waals surface area contributed by atoms with Crippen molar-refractivity contribution in [2.75, 3.05) is 13.1 Å². The van der Waals surface area contributed by atoms with Crippen molar-refractivity contribution in [1.82, 2.24) is 19.9 Å². The largest absolute Gasteiger partial charge is 0.444 e. The highest BCUT2D eigenvalue weighted by Crippen LogP contribution is 2.30. The number of rotatable bonds is 7. The van der Waals surface area contributed by atoms with Crippen LogP contribution in [0.1, 0.15) is 72.1 Å². The first kappa shape index (κ1) is 28.3. The summed E-state index contributed by atoms with van der Waals surface area (Å²) in [7, 11) is -4.41. The van der Waals surface area contributed by atoms with Gasteiger partial charge < -0.3 is 20.5 Å². The van der Waals surface area contributed by atoms with Crippen LogP contribution in [0, 0.1) is 5.92 Å². The summed E-state index contributed by atoms with van der Waals surface area (Å²) in [5.41, 5.74) is -0.786. The molecule has 36 heavy (non-hydrogen) atoms. The summed E-state index contributed by atoms with van der Waals surface area (Å²) in [6.07, 6.45) is 5.61. The van der Waals surface area contributed by atoms with E-state index in [1.54, 1.807) is 26.8 Å². The van der Waals surface area contributed by atoms with Crippen LogP contribution in [-0.4, -0.2) is 71.7 Å². The number of nitrogens with zero attached hydrogens (tertiary/aromatic N) is 2. The van der Waals surface area contributed by atoms with Crippen LogP contribution in [0.5, 0.6) is 0 Å². The molecule has 2 fully saturated rings. The normalized spacial score (nSPS) is 22.8. The predicted octanol–water partition coefficient (Wildman–Crippen LogP) is 2.58. The zero-order valence-electron chi connectivity index (χ0n) is 21.5. The maximum Gasteiger partial charge on any atom is 0.408 e. The molecule has 3 rings (SSSR count).